The molecule has 1 aliphatic rings. The van der Waals surface area contributed by atoms with Gasteiger partial charge in [-0.25, -0.2) is 4.39 Å². The van der Waals surface area contributed by atoms with Crippen LogP contribution in [0.15, 0.2) is 59.9 Å². The molecule has 2 aromatic carbocycles. The SMILES string of the molecule is O=C(CSc1nnc(-c2c[nH]c3ccccc23)n1-c1ccc(F)cc1)NC[C@H]1CCCO1. The number of fused-ring (bicyclic) bond motifs is 1. The van der Waals surface area contributed by atoms with Crippen LogP contribution < -0.4 is 5.32 Å². The van der Waals surface area contributed by atoms with Gasteiger partial charge in [0.05, 0.1) is 11.9 Å². The summed E-state index contributed by atoms with van der Waals surface area (Å²) < 4.78 is 21.0. The van der Waals surface area contributed by atoms with Crippen LogP contribution in [0.4, 0.5) is 4.39 Å². The normalized spacial score (nSPS) is 16.0. The van der Waals surface area contributed by atoms with E-state index in [-0.39, 0.29) is 23.6 Å². The Labute approximate surface area is 188 Å². The molecule has 3 heterocycles. The van der Waals surface area contributed by atoms with E-state index in [1.165, 1.54) is 23.9 Å². The molecule has 2 aromatic heterocycles. The van der Waals surface area contributed by atoms with Crippen LogP contribution in [0.3, 0.4) is 0 Å². The average Bonchev–Trinajstić information content (AvgIpc) is 3.56. The number of halogens is 1. The number of aromatic amines is 1. The lowest BCUT2D eigenvalue weighted by molar-refractivity contribution is -0.119. The predicted molar refractivity (Wildman–Crippen MR) is 121 cm³/mol. The number of carbonyl (C=O) groups is 1. The molecule has 1 amide bonds. The zero-order valence-electron chi connectivity index (χ0n) is 17.3. The molecule has 0 aliphatic carbocycles. The van der Waals surface area contributed by atoms with E-state index < -0.39 is 0 Å². The number of benzene rings is 2. The van der Waals surface area contributed by atoms with E-state index in [1.807, 2.05) is 35.0 Å². The van der Waals surface area contributed by atoms with Crippen molar-refractivity contribution < 1.29 is 13.9 Å². The van der Waals surface area contributed by atoms with Crippen molar-refractivity contribution in [3.05, 3.63) is 60.5 Å². The second-order valence-electron chi connectivity index (χ2n) is 7.59. The highest BCUT2D eigenvalue weighted by atomic mass is 32.2. The Morgan fingerprint density at radius 1 is 1.22 bits per heavy atom. The maximum atomic E-state index is 13.6. The van der Waals surface area contributed by atoms with E-state index in [9.17, 15) is 9.18 Å². The first-order valence-electron chi connectivity index (χ1n) is 10.5. The number of amides is 1. The van der Waals surface area contributed by atoms with Crippen LogP contribution in [-0.4, -0.2) is 50.7 Å². The molecule has 0 radical (unpaired) electrons. The summed E-state index contributed by atoms with van der Waals surface area (Å²) >= 11 is 1.29. The fourth-order valence-corrected chi connectivity index (χ4v) is 4.61. The second-order valence-corrected chi connectivity index (χ2v) is 8.54. The molecular formula is C23H22FN5O2S. The lowest BCUT2D eigenvalue weighted by Crippen LogP contribution is -2.32. The molecule has 4 aromatic rings. The van der Waals surface area contributed by atoms with Gasteiger partial charge in [0, 0.05) is 41.5 Å². The number of rotatable bonds is 7. The lowest BCUT2D eigenvalue weighted by atomic mass is 10.1. The average molecular weight is 452 g/mol. The standard InChI is InChI=1S/C23H22FN5O2S/c24-15-7-9-16(10-8-15)29-22(19-13-25-20-6-2-1-5-18(19)20)27-28-23(29)32-14-21(30)26-12-17-4-3-11-31-17/h1-2,5-10,13,17,25H,3-4,11-12,14H2,(H,26,30)/t17-/m1/s1. The largest absolute Gasteiger partial charge is 0.376 e. The number of para-hydroxylation sites is 1. The summed E-state index contributed by atoms with van der Waals surface area (Å²) in [4.78, 5) is 15.6. The summed E-state index contributed by atoms with van der Waals surface area (Å²) in [6.45, 7) is 1.28. The third-order valence-corrected chi connectivity index (χ3v) is 6.36. The zero-order valence-corrected chi connectivity index (χ0v) is 18.1. The quantitative estimate of drug-likeness (QED) is 0.416. The van der Waals surface area contributed by atoms with Gasteiger partial charge in [0.1, 0.15) is 5.82 Å². The van der Waals surface area contributed by atoms with Crippen LogP contribution in [0, 0.1) is 5.82 Å². The zero-order chi connectivity index (χ0) is 21.9. The number of ether oxygens (including phenoxy) is 1. The minimum atomic E-state index is -0.321. The Morgan fingerprint density at radius 3 is 2.88 bits per heavy atom. The van der Waals surface area contributed by atoms with Gasteiger partial charge in [-0.05, 0) is 43.2 Å². The minimum absolute atomic E-state index is 0.0900. The molecular weight excluding hydrogens is 429 g/mol. The highest BCUT2D eigenvalue weighted by Gasteiger charge is 2.20. The summed E-state index contributed by atoms with van der Waals surface area (Å²) in [5.41, 5.74) is 2.59. The molecule has 0 unspecified atom stereocenters. The molecule has 5 rings (SSSR count). The number of nitrogens with one attached hydrogen (secondary N) is 2. The maximum absolute atomic E-state index is 13.6. The highest BCUT2D eigenvalue weighted by molar-refractivity contribution is 7.99. The van der Waals surface area contributed by atoms with Crippen molar-refractivity contribution in [2.24, 2.45) is 0 Å². The van der Waals surface area contributed by atoms with Crippen molar-refractivity contribution in [1.29, 1.82) is 0 Å². The molecule has 164 valence electrons. The molecule has 1 fully saturated rings. The van der Waals surface area contributed by atoms with E-state index in [4.69, 9.17) is 4.74 Å². The molecule has 1 aliphatic heterocycles. The minimum Gasteiger partial charge on any atom is -0.376 e. The van der Waals surface area contributed by atoms with Crippen LogP contribution in [0.5, 0.6) is 0 Å². The topological polar surface area (TPSA) is 84.8 Å². The van der Waals surface area contributed by atoms with Crippen LogP contribution >= 0.6 is 11.8 Å². The Balaban J connectivity index is 1.42. The first-order chi connectivity index (χ1) is 15.7. The molecule has 7 nitrogen and oxygen atoms in total. The maximum Gasteiger partial charge on any atom is 0.230 e. The summed E-state index contributed by atoms with van der Waals surface area (Å²) in [6.07, 6.45) is 3.99. The van der Waals surface area contributed by atoms with Crippen molar-refractivity contribution in [3.63, 3.8) is 0 Å². The first-order valence-corrected chi connectivity index (χ1v) is 11.5. The number of H-pyrrole nitrogens is 1. The van der Waals surface area contributed by atoms with Crippen molar-refractivity contribution in [3.8, 4) is 17.1 Å². The van der Waals surface area contributed by atoms with Gasteiger partial charge >= 0.3 is 0 Å². The fourth-order valence-electron chi connectivity index (χ4n) is 3.83. The molecule has 9 heteroatoms. The predicted octanol–water partition coefficient (Wildman–Crippen LogP) is 3.94. The van der Waals surface area contributed by atoms with E-state index >= 15 is 0 Å². The summed E-state index contributed by atoms with van der Waals surface area (Å²) in [5.74, 6) is 0.405. The number of hydrogen-bond donors (Lipinski definition) is 2. The van der Waals surface area contributed by atoms with Crippen molar-refractivity contribution >= 4 is 28.6 Å². The molecule has 1 atom stereocenters. The fraction of sp³-hybridized carbons (Fsp3) is 0.261. The molecule has 2 N–H and O–H groups in total. The number of carbonyl (C=O) groups excluding carboxylic acids is 1. The molecule has 0 saturated carbocycles. The molecule has 32 heavy (non-hydrogen) atoms. The highest BCUT2D eigenvalue weighted by Crippen LogP contribution is 2.32. The van der Waals surface area contributed by atoms with Crippen LogP contribution in [0.2, 0.25) is 0 Å². The monoisotopic (exact) mass is 451 g/mol. The molecule has 0 spiro atoms. The third-order valence-electron chi connectivity index (χ3n) is 5.43. The van der Waals surface area contributed by atoms with Gasteiger partial charge in [0.25, 0.3) is 0 Å². The number of thioether (sulfide) groups is 1. The first kappa shape index (κ1) is 20.7. The summed E-state index contributed by atoms with van der Waals surface area (Å²) in [7, 11) is 0. The van der Waals surface area contributed by atoms with Crippen LogP contribution in [0.25, 0.3) is 28.0 Å². The van der Waals surface area contributed by atoms with Gasteiger partial charge < -0.3 is 15.0 Å². The van der Waals surface area contributed by atoms with E-state index in [1.54, 1.807) is 12.1 Å². The molecule has 0 bridgehead atoms. The van der Waals surface area contributed by atoms with Gasteiger partial charge in [-0.15, -0.1) is 10.2 Å². The molecule has 1 saturated heterocycles. The number of hydrogen-bond acceptors (Lipinski definition) is 5. The third kappa shape index (κ3) is 4.26. The van der Waals surface area contributed by atoms with E-state index in [0.717, 1.165) is 41.6 Å². The Hall–Kier alpha value is -3.17. The van der Waals surface area contributed by atoms with E-state index in [0.29, 0.717) is 17.5 Å². The van der Waals surface area contributed by atoms with Crippen LogP contribution in [0.1, 0.15) is 12.8 Å². The van der Waals surface area contributed by atoms with Gasteiger partial charge in [-0.1, -0.05) is 30.0 Å². The van der Waals surface area contributed by atoms with Gasteiger partial charge in [0.15, 0.2) is 11.0 Å². The Morgan fingerprint density at radius 2 is 2.06 bits per heavy atom. The summed E-state index contributed by atoms with van der Waals surface area (Å²) in [6, 6.07) is 14.1. The Bertz CT molecular complexity index is 1230. The van der Waals surface area contributed by atoms with Gasteiger partial charge in [0.2, 0.25) is 5.91 Å². The van der Waals surface area contributed by atoms with Gasteiger partial charge in [-0.3, -0.25) is 9.36 Å². The number of aromatic nitrogens is 4. The Kier molecular flexibility index (Phi) is 5.91. The van der Waals surface area contributed by atoms with Crippen molar-refractivity contribution in [1.82, 2.24) is 25.1 Å². The van der Waals surface area contributed by atoms with Gasteiger partial charge in [-0.2, -0.15) is 0 Å². The number of nitrogens with zero attached hydrogens (tertiary/aromatic N) is 3. The smallest absolute Gasteiger partial charge is 0.230 e. The van der Waals surface area contributed by atoms with Crippen LogP contribution in [-0.2, 0) is 9.53 Å². The van der Waals surface area contributed by atoms with Crippen molar-refractivity contribution in [2.45, 2.75) is 24.1 Å². The summed E-state index contributed by atoms with van der Waals surface area (Å²) in [5, 5.41) is 13.3. The van der Waals surface area contributed by atoms with Crippen molar-refractivity contribution in [2.75, 3.05) is 18.9 Å². The lowest BCUT2D eigenvalue weighted by Gasteiger charge is -2.12. The second kappa shape index (κ2) is 9.13. The van der Waals surface area contributed by atoms with E-state index in [2.05, 4.69) is 20.5 Å².